The highest BCUT2D eigenvalue weighted by Gasteiger charge is 2.30. The van der Waals surface area contributed by atoms with Crippen molar-refractivity contribution in [3.8, 4) is 5.75 Å². The van der Waals surface area contributed by atoms with E-state index in [9.17, 15) is 23.5 Å². The van der Waals surface area contributed by atoms with Gasteiger partial charge in [0.25, 0.3) is 0 Å². The topological polar surface area (TPSA) is 87.9 Å². The van der Waals surface area contributed by atoms with Crippen LogP contribution in [0.15, 0.2) is 53.5 Å². The summed E-state index contributed by atoms with van der Waals surface area (Å²) < 4.78 is 35.1. The quantitative estimate of drug-likeness (QED) is 0.411. The number of carbonyl (C=O) groups is 1. The Labute approximate surface area is 211 Å². The number of hydrogen-bond donors (Lipinski definition) is 1. The number of hydrogen-bond acceptors (Lipinski definition) is 6. The third kappa shape index (κ3) is 4.60. The Hall–Kier alpha value is -4.05. The van der Waals surface area contributed by atoms with E-state index < -0.39 is 23.2 Å². The number of para-hydroxylation sites is 1. The van der Waals surface area contributed by atoms with Gasteiger partial charge in [0.15, 0.2) is 11.6 Å². The second-order valence-corrected chi connectivity index (χ2v) is 9.29. The fourth-order valence-corrected chi connectivity index (χ4v) is 4.73. The van der Waals surface area contributed by atoms with Gasteiger partial charge in [-0.1, -0.05) is 18.2 Å². The van der Waals surface area contributed by atoms with Crippen molar-refractivity contribution in [2.45, 2.75) is 13.0 Å². The number of aromatic carboxylic acids is 1. The molecule has 0 saturated carbocycles. The van der Waals surface area contributed by atoms with Gasteiger partial charge in [-0.3, -0.25) is 4.79 Å². The predicted molar refractivity (Wildman–Crippen MR) is 137 cm³/mol. The Kier molecular flexibility index (Phi) is 6.51. The highest BCUT2D eigenvalue weighted by Crippen LogP contribution is 2.42. The number of anilines is 1. The molecule has 2 aliphatic rings. The van der Waals surface area contributed by atoms with Crippen molar-refractivity contribution in [3.63, 3.8) is 0 Å². The van der Waals surface area contributed by atoms with Gasteiger partial charge in [-0.2, -0.15) is 4.39 Å². The molecule has 4 aromatic rings. The van der Waals surface area contributed by atoms with Crippen LogP contribution in [-0.2, 0) is 0 Å². The van der Waals surface area contributed by atoms with Crippen molar-refractivity contribution >= 4 is 33.5 Å². The first kappa shape index (κ1) is 24.6. The molecular formula is C27H26F2N4O4. The van der Waals surface area contributed by atoms with Crippen molar-refractivity contribution in [1.29, 1.82) is 0 Å². The van der Waals surface area contributed by atoms with Gasteiger partial charge in [0, 0.05) is 37.8 Å². The molecule has 1 saturated heterocycles. The summed E-state index contributed by atoms with van der Waals surface area (Å²) in [5, 5.41) is 10.3. The minimum atomic E-state index is -1.32. The van der Waals surface area contributed by atoms with Gasteiger partial charge in [0.05, 0.1) is 22.5 Å². The first-order valence-electron chi connectivity index (χ1n) is 12.0. The van der Waals surface area contributed by atoms with Crippen molar-refractivity contribution in [2.24, 2.45) is 0 Å². The van der Waals surface area contributed by atoms with Crippen LogP contribution >= 0.6 is 0 Å². The lowest BCUT2D eigenvalue weighted by atomic mass is 10.1. The largest absolute Gasteiger partial charge is 0.487 e. The number of ether oxygens (including phenoxy) is 1. The normalized spacial score (nSPS) is 17.3. The predicted octanol–water partition coefficient (Wildman–Crippen LogP) is 3.92. The second kappa shape index (κ2) is 9.78. The molecule has 6 rings (SSSR count). The molecule has 0 unspecified atom stereocenters. The standard InChI is InChI=1S/C18H20FN3O4.C9H6FN/c1-10-9-26-17-14-11(16(23)12(18(24)25)8-22(10)14)7-13(19)15(17)21-5-3-20(2)4-6-21;10-9-6-5-7-3-1-2-4-8(7)11-9/h7-8,10H,3-6,9H2,1-2H3,(H,24,25);1-6H/t10-;/m0./s1. The van der Waals surface area contributed by atoms with E-state index >= 15 is 0 Å². The molecule has 0 aliphatic carbocycles. The van der Waals surface area contributed by atoms with Gasteiger partial charge < -0.3 is 24.2 Å². The lowest BCUT2D eigenvalue weighted by molar-refractivity contribution is 0.0694. The van der Waals surface area contributed by atoms with E-state index in [0.717, 1.165) is 24.5 Å². The summed E-state index contributed by atoms with van der Waals surface area (Å²) >= 11 is 0. The number of fused-ring (bicyclic) bond motifs is 1. The number of nitrogens with zero attached hydrogens (tertiary/aromatic N) is 4. The van der Waals surface area contributed by atoms with Gasteiger partial charge in [0.2, 0.25) is 11.4 Å². The fourth-order valence-electron chi connectivity index (χ4n) is 4.73. The van der Waals surface area contributed by atoms with Crippen molar-refractivity contribution in [1.82, 2.24) is 14.5 Å². The summed E-state index contributed by atoms with van der Waals surface area (Å²) in [7, 11) is 2.02. The molecule has 10 heteroatoms. The van der Waals surface area contributed by atoms with Crippen molar-refractivity contribution in [2.75, 3.05) is 44.7 Å². The molecule has 1 atom stereocenters. The number of halogens is 2. The number of carboxylic acids is 1. The Morgan fingerprint density at radius 3 is 2.57 bits per heavy atom. The van der Waals surface area contributed by atoms with Crippen molar-refractivity contribution in [3.05, 3.63) is 76.2 Å². The van der Waals surface area contributed by atoms with Gasteiger partial charge in [-0.05, 0) is 38.2 Å². The Balaban J connectivity index is 0.000000212. The molecule has 0 spiro atoms. The molecule has 1 fully saturated rings. The Bertz CT molecular complexity index is 1560. The smallest absolute Gasteiger partial charge is 0.341 e. The molecule has 0 radical (unpaired) electrons. The first-order valence-corrected chi connectivity index (χ1v) is 12.0. The first-order chi connectivity index (χ1) is 17.7. The number of piperazine rings is 1. The van der Waals surface area contributed by atoms with Crippen LogP contribution in [0.25, 0.3) is 21.8 Å². The highest BCUT2D eigenvalue weighted by atomic mass is 19.1. The maximum atomic E-state index is 15.0. The molecule has 37 heavy (non-hydrogen) atoms. The third-order valence-corrected chi connectivity index (χ3v) is 6.76. The zero-order chi connectivity index (χ0) is 26.3. The summed E-state index contributed by atoms with van der Waals surface area (Å²) in [5.74, 6) is -1.97. The number of pyridine rings is 2. The summed E-state index contributed by atoms with van der Waals surface area (Å²) in [5.41, 5.74) is 0.478. The van der Waals surface area contributed by atoms with E-state index in [1.165, 1.54) is 12.3 Å². The van der Waals surface area contributed by atoms with Crippen LogP contribution in [0, 0.1) is 11.8 Å². The van der Waals surface area contributed by atoms with E-state index in [1.54, 1.807) is 16.7 Å². The van der Waals surface area contributed by atoms with Crippen LogP contribution in [0.1, 0.15) is 23.3 Å². The lowest BCUT2D eigenvalue weighted by Crippen LogP contribution is -2.45. The van der Waals surface area contributed by atoms with Gasteiger partial charge in [0.1, 0.15) is 17.9 Å². The summed E-state index contributed by atoms with van der Waals surface area (Å²) in [6.07, 6.45) is 1.34. The molecular weight excluding hydrogens is 482 g/mol. The minimum absolute atomic E-state index is 0.0434. The van der Waals surface area contributed by atoms with Crippen LogP contribution in [0.4, 0.5) is 14.5 Å². The third-order valence-electron chi connectivity index (χ3n) is 6.76. The molecule has 0 bridgehead atoms. The maximum Gasteiger partial charge on any atom is 0.341 e. The SMILES string of the molecule is C[C@H]1COc2c(N3CCN(C)CC3)c(F)cc3c(=O)c(C(=O)O)cn1c23.Fc1ccc2ccccc2n1. The molecule has 192 valence electrons. The molecule has 2 aromatic carbocycles. The summed E-state index contributed by atoms with van der Waals surface area (Å²) in [6.45, 7) is 5.08. The average Bonchev–Trinajstić information content (AvgIpc) is 2.88. The zero-order valence-corrected chi connectivity index (χ0v) is 20.4. The molecule has 8 nitrogen and oxygen atoms in total. The molecule has 1 N–H and O–H groups in total. The summed E-state index contributed by atoms with van der Waals surface area (Å²) in [4.78, 5) is 31.8. The fraction of sp³-hybridized carbons (Fsp3) is 0.296. The van der Waals surface area contributed by atoms with E-state index in [0.29, 0.717) is 35.6 Å². The number of benzene rings is 2. The van der Waals surface area contributed by atoms with E-state index in [4.69, 9.17) is 4.74 Å². The molecule has 0 amide bonds. The van der Waals surface area contributed by atoms with Gasteiger partial charge in [-0.25, -0.2) is 14.2 Å². The molecule has 4 heterocycles. The van der Waals surface area contributed by atoms with Crippen LogP contribution in [-0.4, -0.2) is 65.4 Å². The monoisotopic (exact) mass is 508 g/mol. The van der Waals surface area contributed by atoms with Crippen LogP contribution in [0.5, 0.6) is 5.75 Å². The van der Waals surface area contributed by atoms with E-state index in [2.05, 4.69) is 9.88 Å². The molecule has 2 aliphatic heterocycles. The molecule has 2 aromatic heterocycles. The number of carboxylic acid groups (broad SMARTS) is 1. The highest BCUT2D eigenvalue weighted by molar-refractivity contribution is 5.97. The zero-order valence-electron chi connectivity index (χ0n) is 20.4. The average molecular weight is 509 g/mol. The Morgan fingerprint density at radius 1 is 1.11 bits per heavy atom. The van der Waals surface area contributed by atoms with Crippen LogP contribution < -0.4 is 15.1 Å². The van der Waals surface area contributed by atoms with Crippen molar-refractivity contribution < 1.29 is 23.4 Å². The lowest BCUT2D eigenvalue weighted by Gasteiger charge is -2.37. The second-order valence-electron chi connectivity index (χ2n) is 9.29. The van der Waals surface area contributed by atoms with Crippen LogP contribution in [0.3, 0.4) is 0 Å². The van der Waals surface area contributed by atoms with Crippen LogP contribution in [0.2, 0.25) is 0 Å². The Morgan fingerprint density at radius 2 is 1.84 bits per heavy atom. The van der Waals surface area contributed by atoms with E-state index in [1.807, 2.05) is 37.1 Å². The van der Waals surface area contributed by atoms with Gasteiger partial charge >= 0.3 is 5.97 Å². The maximum absolute atomic E-state index is 15.0. The minimum Gasteiger partial charge on any atom is -0.487 e. The number of rotatable bonds is 2. The number of aromatic nitrogens is 2. The van der Waals surface area contributed by atoms with E-state index in [-0.39, 0.29) is 23.6 Å². The summed E-state index contributed by atoms with van der Waals surface area (Å²) in [6, 6.07) is 11.5. The van der Waals surface area contributed by atoms with Gasteiger partial charge in [-0.15, -0.1) is 0 Å². The number of likely N-dealkylation sites (N-methyl/N-ethyl adjacent to an activating group) is 1.